The molecule has 0 aliphatic rings. The summed E-state index contributed by atoms with van der Waals surface area (Å²) in [7, 11) is 0. The van der Waals surface area contributed by atoms with Gasteiger partial charge in [0.2, 0.25) is 17.7 Å². The molecule has 3 amide bonds. The highest BCUT2D eigenvalue weighted by atomic mass is 35.5. The Labute approximate surface area is 180 Å². The molecule has 1 heterocycles. The van der Waals surface area contributed by atoms with Crippen LogP contribution in [-0.4, -0.2) is 33.7 Å². The van der Waals surface area contributed by atoms with Crippen LogP contribution < -0.4 is 16.2 Å². The van der Waals surface area contributed by atoms with Crippen LogP contribution in [0.5, 0.6) is 0 Å². The van der Waals surface area contributed by atoms with Crippen molar-refractivity contribution in [2.24, 2.45) is 0 Å². The second-order valence-electron chi connectivity index (χ2n) is 5.93. The average Bonchev–Trinajstić information content (AvgIpc) is 3.20. The number of nitrogens with zero attached hydrogens (tertiary/aromatic N) is 2. The zero-order valence-corrected chi connectivity index (χ0v) is 17.2. The summed E-state index contributed by atoms with van der Waals surface area (Å²) in [4.78, 5) is 34.9. The minimum Gasteiger partial charge on any atom is -0.411 e. The molecule has 1 aromatic heterocycles. The van der Waals surface area contributed by atoms with Gasteiger partial charge in [-0.25, -0.2) is 0 Å². The van der Waals surface area contributed by atoms with Gasteiger partial charge in [0.15, 0.2) is 0 Å². The van der Waals surface area contributed by atoms with Gasteiger partial charge in [-0.05, 0) is 48.5 Å². The summed E-state index contributed by atoms with van der Waals surface area (Å²) in [6.07, 6.45) is 0. The van der Waals surface area contributed by atoms with Crippen LogP contribution >= 0.6 is 23.4 Å². The van der Waals surface area contributed by atoms with E-state index in [0.29, 0.717) is 21.8 Å². The van der Waals surface area contributed by atoms with Crippen LogP contribution in [-0.2, 0) is 9.59 Å². The second-order valence-corrected chi connectivity index (χ2v) is 7.29. The number of thioether (sulfide) groups is 1. The van der Waals surface area contributed by atoms with Gasteiger partial charge in [-0.2, -0.15) is 0 Å². The summed E-state index contributed by atoms with van der Waals surface area (Å²) in [6.45, 7) is 1.43. The Morgan fingerprint density at radius 1 is 1.00 bits per heavy atom. The van der Waals surface area contributed by atoms with E-state index in [4.69, 9.17) is 16.0 Å². The number of hydrogen-bond donors (Lipinski definition) is 3. The number of hydrazine groups is 1. The Hall–Kier alpha value is -3.37. The van der Waals surface area contributed by atoms with Gasteiger partial charge in [-0.15, -0.1) is 10.2 Å². The van der Waals surface area contributed by atoms with Crippen molar-refractivity contribution in [3.63, 3.8) is 0 Å². The van der Waals surface area contributed by atoms with E-state index in [1.807, 2.05) is 0 Å². The van der Waals surface area contributed by atoms with Gasteiger partial charge in [-0.1, -0.05) is 23.4 Å². The Morgan fingerprint density at radius 3 is 2.37 bits per heavy atom. The van der Waals surface area contributed by atoms with E-state index in [-0.39, 0.29) is 22.8 Å². The van der Waals surface area contributed by atoms with Crippen molar-refractivity contribution in [3.05, 3.63) is 59.1 Å². The minimum absolute atomic E-state index is 0.0377. The molecule has 3 N–H and O–H groups in total. The van der Waals surface area contributed by atoms with E-state index in [0.717, 1.165) is 11.8 Å². The molecule has 9 nitrogen and oxygen atoms in total. The number of halogens is 1. The lowest BCUT2D eigenvalue weighted by Gasteiger charge is -2.06. The maximum atomic E-state index is 11.9. The number of anilines is 1. The van der Waals surface area contributed by atoms with Crippen molar-refractivity contribution >= 4 is 46.8 Å². The molecule has 0 saturated heterocycles. The average molecular weight is 446 g/mol. The third kappa shape index (κ3) is 6.06. The summed E-state index contributed by atoms with van der Waals surface area (Å²) in [5.74, 6) is -0.830. The predicted molar refractivity (Wildman–Crippen MR) is 112 cm³/mol. The molecule has 0 aliphatic heterocycles. The standard InChI is InChI=1S/C19H16ClN5O4S/c1-11(26)21-15-8-4-13(5-9-15)18-24-25-19(29-18)30-10-16(27)22-23-17(28)12-2-6-14(20)7-3-12/h2-9H,10H2,1H3,(H,21,26)(H,22,27)(H,23,28). The largest absolute Gasteiger partial charge is 0.411 e. The SMILES string of the molecule is CC(=O)Nc1ccc(-c2nnc(SCC(=O)NNC(=O)c3ccc(Cl)cc3)o2)cc1. The summed E-state index contributed by atoms with van der Waals surface area (Å²) in [5, 5.41) is 11.2. The van der Waals surface area contributed by atoms with Gasteiger partial charge in [-0.3, -0.25) is 25.2 Å². The van der Waals surface area contributed by atoms with Crippen LogP contribution in [0, 0.1) is 0 Å². The van der Waals surface area contributed by atoms with Crippen LogP contribution in [0.15, 0.2) is 58.2 Å². The van der Waals surface area contributed by atoms with Crippen molar-refractivity contribution in [1.82, 2.24) is 21.0 Å². The van der Waals surface area contributed by atoms with Crippen LogP contribution in [0.1, 0.15) is 17.3 Å². The molecule has 0 radical (unpaired) electrons. The molecule has 0 fully saturated rings. The molecular weight excluding hydrogens is 430 g/mol. The molecule has 30 heavy (non-hydrogen) atoms. The fourth-order valence-electron chi connectivity index (χ4n) is 2.25. The lowest BCUT2D eigenvalue weighted by atomic mass is 10.2. The van der Waals surface area contributed by atoms with Crippen molar-refractivity contribution in [1.29, 1.82) is 0 Å². The number of benzene rings is 2. The quantitative estimate of drug-likeness (QED) is 0.393. The fraction of sp³-hybridized carbons (Fsp3) is 0.105. The van der Waals surface area contributed by atoms with Crippen LogP contribution in [0.3, 0.4) is 0 Å². The smallest absolute Gasteiger partial charge is 0.277 e. The molecule has 0 saturated carbocycles. The van der Waals surface area contributed by atoms with Crippen molar-refractivity contribution in [2.45, 2.75) is 12.1 Å². The predicted octanol–water partition coefficient (Wildman–Crippen LogP) is 2.90. The van der Waals surface area contributed by atoms with Crippen molar-refractivity contribution in [2.75, 3.05) is 11.1 Å². The number of nitrogens with one attached hydrogen (secondary N) is 3. The summed E-state index contributed by atoms with van der Waals surface area (Å²) < 4.78 is 5.52. The zero-order chi connectivity index (χ0) is 21.5. The molecule has 3 aromatic rings. The van der Waals surface area contributed by atoms with Crippen LogP contribution in [0.4, 0.5) is 5.69 Å². The van der Waals surface area contributed by atoms with Gasteiger partial charge in [0.1, 0.15) is 0 Å². The van der Waals surface area contributed by atoms with Crippen LogP contribution in [0.25, 0.3) is 11.5 Å². The molecule has 0 atom stereocenters. The molecule has 0 aliphatic carbocycles. The molecule has 154 valence electrons. The lowest BCUT2D eigenvalue weighted by molar-refractivity contribution is -0.119. The highest BCUT2D eigenvalue weighted by Crippen LogP contribution is 2.24. The molecule has 0 unspecified atom stereocenters. The van der Waals surface area contributed by atoms with E-state index in [1.165, 1.54) is 6.92 Å². The molecule has 0 bridgehead atoms. The number of aromatic nitrogens is 2. The van der Waals surface area contributed by atoms with Gasteiger partial charge in [0.25, 0.3) is 11.1 Å². The Bertz CT molecular complexity index is 1050. The number of carbonyl (C=O) groups excluding carboxylic acids is 3. The van der Waals surface area contributed by atoms with Gasteiger partial charge in [0, 0.05) is 28.8 Å². The number of amides is 3. The van der Waals surface area contributed by atoms with Crippen molar-refractivity contribution < 1.29 is 18.8 Å². The van der Waals surface area contributed by atoms with E-state index < -0.39 is 11.8 Å². The van der Waals surface area contributed by atoms with Crippen molar-refractivity contribution in [3.8, 4) is 11.5 Å². The summed E-state index contributed by atoms with van der Waals surface area (Å²) >= 11 is 6.80. The van der Waals surface area contributed by atoms with E-state index in [1.54, 1.807) is 48.5 Å². The lowest BCUT2D eigenvalue weighted by Crippen LogP contribution is -2.42. The Morgan fingerprint density at radius 2 is 1.70 bits per heavy atom. The first-order valence-corrected chi connectivity index (χ1v) is 9.96. The maximum absolute atomic E-state index is 11.9. The van der Waals surface area contributed by atoms with Gasteiger partial charge < -0.3 is 9.73 Å². The first-order chi connectivity index (χ1) is 14.4. The number of carbonyl (C=O) groups is 3. The summed E-state index contributed by atoms with van der Waals surface area (Å²) in [6, 6.07) is 13.1. The highest BCUT2D eigenvalue weighted by Gasteiger charge is 2.12. The topological polar surface area (TPSA) is 126 Å². The monoisotopic (exact) mass is 445 g/mol. The molecule has 3 rings (SSSR count). The van der Waals surface area contributed by atoms with E-state index >= 15 is 0 Å². The summed E-state index contributed by atoms with van der Waals surface area (Å²) in [5.41, 5.74) is 6.30. The van der Waals surface area contributed by atoms with E-state index in [2.05, 4.69) is 26.4 Å². The number of hydrogen-bond acceptors (Lipinski definition) is 7. The minimum atomic E-state index is -0.465. The number of rotatable bonds is 6. The van der Waals surface area contributed by atoms with E-state index in [9.17, 15) is 14.4 Å². The molecule has 2 aromatic carbocycles. The third-order valence-corrected chi connectivity index (χ3v) is 4.68. The zero-order valence-electron chi connectivity index (χ0n) is 15.6. The normalized spacial score (nSPS) is 10.3. The first-order valence-electron chi connectivity index (χ1n) is 8.60. The van der Waals surface area contributed by atoms with Crippen LogP contribution in [0.2, 0.25) is 5.02 Å². The Balaban J connectivity index is 1.47. The first kappa shape index (κ1) is 21.3. The van der Waals surface area contributed by atoms with Gasteiger partial charge in [0.05, 0.1) is 5.75 Å². The highest BCUT2D eigenvalue weighted by molar-refractivity contribution is 7.99. The maximum Gasteiger partial charge on any atom is 0.277 e. The Kier molecular flexibility index (Phi) is 7.04. The third-order valence-electron chi connectivity index (χ3n) is 3.61. The second kappa shape index (κ2) is 9.90. The molecule has 11 heteroatoms. The molecule has 0 spiro atoms. The van der Waals surface area contributed by atoms with Gasteiger partial charge >= 0.3 is 0 Å². The fourth-order valence-corrected chi connectivity index (χ4v) is 2.94. The molecular formula is C19H16ClN5O4S.